The highest BCUT2D eigenvalue weighted by molar-refractivity contribution is 7.89. The Hall–Kier alpha value is -1.96. The molecule has 0 saturated carbocycles. The van der Waals surface area contributed by atoms with Crippen LogP contribution in [0.4, 0.5) is 5.69 Å². The first kappa shape index (κ1) is 14.0. The molecule has 3 aromatic rings. The lowest BCUT2D eigenvalue weighted by molar-refractivity contribution is 0.581. The second-order valence-corrected chi connectivity index (χ2v) is 6.96. The first-order valence-corrected chi connectivity index (χ1v) is 8.64. The van der Waals surface area contributed by atoms with Crippen molar-refractivity contribution in [1.82, 2.24) is 9.71 Å². The van der Waals surface area contributed by atoms with Crippen molar-refractivity contribution in [2.24, 2.45) is 0 Å². The molecule has 21 heavy (non-hydrogen) atoms. The van der Waals surface area contributed by atoms with Crippen LogP contribution in [-0.4, -0.2) is 13.4 Å². The van der Waals surface area contributed by atoms with Crippen molar-refractivity contribution in [3.05, 3.63) is 53.0 Å². The van der Waals surface area contributed by atoms with E-state index in [-0.39, 0.29) is 11.4 Å². The highest BCUT2D eigenvalue weighted by Crippen LogP contribution is 2.27. The smallest absolute Gasteiger partial charge is 0.241 e. The fraction of sp³-hybridized carbons (Fsp3) is 0.0714. The summed E-state index contributed by atoms with van der Waals surface area (Å²) in [5, 5.41) is 3.15. The van der Waals surface area contributed by atoms with E-state index in [0.29, 0.717) is 16.8 Å². The van der Waals surface area contributed by atoms with Crippen LogP contribution in [0.15, 0.2) is 52.2 Å². The summed E-state index contributed by atoms with van der Waals surface area (Å²) in [6.45, 7) is 0.171. The maximum atomic E-state index is 12.5. The molecule has 5 nitrogen and oxygen atoms in total. The molecular formula is C14H13N3O2S2. The topological polar surface area (TPSA) is 85.1 Å². The van der Waals surface area contributed by atoms with Gasteiger partial charge in [-0.25, -0.2) is 18.1 Å². The Morgan fingerprint density at radius 3 is 2.62 bits per heavy atom. The maximum absolute atomic E-state index is 12.5. The van der Waals surface area contributed by atoms with Gasteiger partial charge in [0.1, 0.15) is 0 Å². The van der Waals surface area contributed by atoms with Crippen molar-refractivity contribution in [3.63, 3.8) is 0 Å². The molecule has 0 saturated heterocycles. The number of nitrogens with one attached hydrogen (secondary N) is 1. The average molecular weight is 319 g/mol. The van der Waals surface area contributed by atoms with Gasteiger partial charge in [0.15, 0.2) is 0 Å². The molecule has 0 fully saturated rings. The van der Waals surface area contributed by atoms with Gasteiger partial charge in [-0.05, 0) is 12.1 Å². The third-order valence-electron chi connectivity index (χ3n) is 3.13. The number of hydrogen-bond acceptors (Lipinski definition) is 5. The summed E-state index contributed by atoms with van der Waals surface area (Å²) >= 11 is 1.43. The van der Waals surface area contributed by atoms with Crippen LogP contribution < -0.4 is 10.5 Å². The van der Waals surface area contributed by atoms with E-state index >= 15 is 0 Å². The van der Waals surface area contributed by atoms with E-state index in [1.807, 2.05) is 17.5 Å². The standard InChI is InChI=1S/C14H13N3O2S2/c15-13-5-6-14(12-4-2-1-3-11(12)13)21(18,19)17-7-10-8-20-9-16-10/h1-6,8-9,17H,7,15H2. The fourth-order valence-corrected chi connectivity index (χ4v) is 3.87. The minimum absolute atomic E-state index is 0.171. The summed E-state index contributed by atoms with van der Waals surface area (Å²) in [5.41, 5.74) is 8.82. The molecule has 0 aliphatic rings. The molecule has 7 heteroatoms. The van der Waals surface area contributed by atoms with Crippen molar-refractivity contribution in [1.29, 1.82) is 0 Å². The minimum Gasteiger partial charge on any atom is -0.398 e. The van der Waals surface area contributed by atoms with Gasteiger partial charge >= 0.3 is 0 Å². The Labute approximate surface area is 126 Å². The van der Waals surface area contributed by atoms with Gasteiger partial charge in [-0.15, -0.1) is 11.3 Å². The highest BCUT2D eigenvalue weighted by Gasteiger charge is 2.18. The Morgan fingerprint density at radius 2 is 1.90 bits per heavy atom. The molecule has 2 aromatic carbocycles. The third kappa shape index (κ3) is 2.76. The molecule has 0 amide bonds. The van der Waals surface area contributed by atoms with Gasteiger partial charge in [-0.3, -0.25) is 0 Å². The van der Waals surface area contributed by atoms with Crippen LogP contribution in [0, 0.1) is 0 Å². The number of thiazole rings is 1. The molecule has 0 aliphatic carbocycles. The summed E-state index contributed by atoms with van der Waals surface area (Å²) < 4.78 is 27.5. The molecular weight excluding hydrogens is 306 g/mol. The zero-order valence-electron chi connectivity index (χ0n) is 11.0. The van der Waals surface area contributed by atoms with Crippen LogP contribution in [-0.2, 0) is 16.6 Å². The first-order chi connectivity index (χ1) is 10.1. The fourth-order valence-electron chi connectivity index (χ4n) is 2.10. The Balaban J connectivity index is 2.01. The summed E-state index contributed by atoms with van der Waals surface area (Å²) in [6.07, 6.45) is 0. The van der Waals surface area contributed by atoms with Crippen LogP contribution in [0.25, 0.3) is 10.8 Å². The number of sulfonamides is 1. The Morgan fingerprint density at radius 1 is 1.14 bits per heavy atom. The van der Waals surface area contributed by atoms with Crippen molar-refractivity contribution >= 4 is 37.8 Å². The van der Waals surface area contributed by atoms with Crippen molar-refractivity contribution in [3.8, 4) is 0 Å². The zero-order valence-corrected chi connectivity index (χ0v) is 12.6. The normalized spacial score (nSPS) is 11.8. The second-order valence-electron chi connectivity index (χ2n) is 4.50. The Kier molecular flexibility index (Phi) is 3.62. The molecule has 0 unspecified atom stereocenters. The van der Waals surface area contributed by atoms with Gasteiger partial charge in [0.05, 0.1) is 22.6 Å². The van der Waals surface area contributed by atoms with E-state index in [1.54, 1.807) is 23.7 Å². The van der Waals surface area contributed by atoms with Crippen molar-refractivity contribution in [2.75, 3.05) is 5.73 Å². The number of benzene rings is 2. The van der Waals surface area contributed by atoms with Crippen LogP contribution in [0.1, 0.15) is 5.69 Å². The molecule has 0 spiro atoms. The van der Waals surface area contributed by atoms with E-state index in [4.69, 9.17) is 5.73 Å². The highest BCUT2D eigenvalue weighted by atomic mass is 32.2. The maximum Gasteiger partial charge on any atom is 0.241 e. The molecule has 1 heterocycles. The number of nitrogen functional groups attached to an aromatic ring is 1. The molecule has 0 atom stereocenters. The molecule has 0 radical (unpaired) electrons. The minimum atomic E-state index is -3.62. The van der Waals surface area contributed by atoms with Gasteiger partial charge in [0, 0.05) is 21.8 Å². The van der Waals surface area contributed by atoms with Gasteiger partial charge in [0.25, 0.3) is 0 Å². The van der Waals surface area contributed by atoms with Gasteiger partial charge in [-0.1, -0.05) is 24.3 Å². The van der Waals surface area contributed by atoms with Gasteiger partial charge in [-0.2, -0.15) is 0 Å². The lowest BCUT2D eigenvalue weighted by Gasteiger charge is -2.10. The van der Waals surface area contributed by atoms with E-state index in [0.717, 1.165) is 5.39 Å². The number of fused-ring (bicyclic) bond motifs is 1. The lowest BCUT2D eigenvalue weighted by atomic mass is 10.1. The lowest BCUT2D eigenvalue weighted by Crippen LogP contribution is -2.23. The second kappa shape index (κ2) is 5.44. The predicted octanol–water partition coefficient (Wildman–Crippen LogP) is 2.36. The number of nitrogens with zero attached hydrogens (tertiary/aromatic N) is 1. The molecule has 3 N–H and O–H groups in total. The largest absolute Gasteiger partial charge is 0.398 e. The van der Waals surface area contributed by atoms with E-state index in [1.165, 1.54) is 17.4 Å². The van der Waals surface area contributed by atoms with Crippen LogP contribution in [0.3, 0.4) is 0 Å². The van der Waals surface area contributed by atoms with E-state index in [2.05, 4.69) is 9.71 Å². The molecule has 1 aromatic heterocycles. The van der Waals surface area contributed by atoms with Crippen molar-refractivity contribution < 1.29 is 8.42 Å². The van der Waals surface area contributed by atoms with Crippen LogP contribution in [0.5, 0.6) is 0 Å². The summed E-state index contributed by atoms with van der Waals surface area (Å²) in [6, 6.07) is 10.3. The molecule has 0 aliphatic heterocycles. The number of anilines is 1. The molecule has 0 bridgehead atoms. The Bertz CT molecular complexity index is 874. The number of nitrogens with two attached hydrogens (primary N) is 1. The van der Waals surface area contributed by atoms with Crippen LogP contribution >= 0.6 is 11.3 Å². The SMILES string of the molecule is Nc1ccc(S(=O)(=O)NCc2cscn2)c2ccccc12. The molecule has 108 valence electrons. The summed E-state index contributed by atoms with van der Waals surface area (Å²) in [4.78, 5) is 4.29. The van der Waals surface area contributed by atoms with Gasteiger partial charge < -0.3 is 5.73 Å². The van der Waals surface area contributed by atoms with Crippen molar-refractivity contribution in [2.45, 2.75) is 11.4 Å². The predicted molar refractivity (Wildman–Crippen MR) is 84.5 cm³/mol. The van der Waals surface area contributed by atoms with Crippen LogP contribution in [0.2, 0.25) is 0 Å². The monoisotopic (exact) mass is 319 g/mol. The van der Waals surface area contributed by atoms with E-state index in [9.17, 15) is 8.42 Å². The third-order valence-corrected chi connectivity index (χ3v) is 5.23. The summed E-state index contributed by atoms with van der Waals surface area (Å²) in [5.74, 6) is 0. The summed E-state index contributed by atoms with van der Waals surface area (Å²) in [7, 11) is -3.62. The van der Waals surface area contributed by atoms with Gasteiger partial charge in [0.2, 0.25) is 10.0 Å². The number of rotatable bonds is 4. The number of hydrogen-bond donors (Lipinski definition) is 2. The molecule has 3 rings (SSSR count). The average Bonchev–Trinajstić information content (AvgIpc) is 2.99. The first-order valence-electron chi connectivity index (χ1n) is 6.22. The quantitative estimate of drug-likeness (QED) is 0.723. The zero-order chi connectivity index (χ0) is 14.9. The van der Waals surface area contributed by atoms with E-state index < -0.39 is 10.0 Å². The number of aromatic nitrogens is 1.